The largest absolute Gasteiger partial charge is 0.383 e. The van der Waals surface area contributed by atoms with E-state index in [0.717, 1.165) is 11.1 Å². The molecule has 1 atom stereocenters. The van der Waals surface area contributed by atoms with Gasteiger partial charge in [-0.15, -0.1) is 0 Å². The molecule has 3 heteroatoms. The van der Waals surface area contributed by atoms with Crippen LogP contribution in [0.1, 0.15) is 33.2 Å². The first kappa shape index (κ1) is 21.0. The Balaban J connectivity index is 1.68. The fourth-order valence-corrected chi connectivity index (χ4v) is 3.27. The van der Waals surface area contributed by atoms with Crippen LogP contribution < -0.4 is 0 Å². The summed E-state index contributed by atoms with van der Waals surface area (Å²) in [6.45, 7) is 0. The Labute approximate surface area is 188 Å². The van der Waals surface area contributed by atoms with Gasteiger partial charge in [0.15, 0.2) is 11.8 Å². The van der Waals surface area contributed by atoms with Crippen molar-refractivity contribution in [2.45, 2.75) is 6.10 Å². The van der Waals surface area contributed by atoms with Gasteiger partial charge in [0.1, 0.15) is 0 Å². The zero-order valence-electron chi connectivity index (χ0n) is 17.5. The molecule has 0 unspecified atom stereocenters. The molecule has 0 aliphatic rings. The molecule has 0 aliphatic heterocycles. The van der Waals surface area contributed by atoms with E-state index < -0.39 is 6.10 Å². The lowest BCUT2D eigenvalue weighted by atomic mass is 10.0. The zero-order valence-corrected chi connectivity index (χ0v) is 17.5. The van der Waals surface area contributed by atoms with Crippen LogP contribution in [0.3, 0.4) is 0 Å². The minimum Gasteiger partial charge on any atom is -0.383 e. The van der Waals surface area contributed by atoms with Crippen molar-refractivity contribution in [3.63, 3.8) is 0 Å². The van der Waals surface area contributed by atoms with Gasteiger partial charge in [-0.3, -0.25) is 4.79 Å². The third-order valence-corrected chi connectivity index (χ3v) is 4.95. The molecule has 0 spiro atoms. The van der Waals surface area contributed by atoms with Gasteiger partial charge in [-0.1, -0.05) is 133 Å². The third-order valence-electron chi connectivity index (χ3n) is 4.95. The second-order valence-electron chi connectivity index (χ2n) is 7.21. The van der Waals surface area contributed by atoms with Gasteiger partial charge in [-0.25, -0.2) is 0 Å². The second kappa shape index (κ2) is 10.7. The Morgan fingerprint density at radius 3 is 1.75 bits per heavy atom. The predicted molar refractivity (Wildman–Crippen MR) is 129 cm³/mol. The number of carbonyl (C=O) groups excluding carboxylic acids is 1. The molecule has 0 aromatic heterocycles. The topological polar surface area (TPSA) is 38.7 Å². The molecule has 4 aromatic carbocycles. The van der Waals surface area contributed by atoms with E-state index >= 15 is 0 Å². The molecule has 0 fully saturated rings. The molecule has 0 N–H and O–H groups in total. The van der Waals surface area contributed by atoms with E-state index in [1.807, 2.05) is 121 Å². The second-order valence-corrected chi connectivity index (χ2v) is 7.21. The van der Waals surface area contributed by atoms with Crippen molar-refractivity contribution in [1.82, 2.24) is 0 Å². The van der Waals surface area contributed by atoms with Gasteiger partial charge in [0.2, 0.25) is 5.78 Å². The summed E-state index contributed by atoms with van der Waals surface area (Å²) in [5.74, 6) is -0.185. The molecule has 0 saturated carbocycles. The summed E-state index contributed by atoms with van der Waals surface area (Å²) in [6, 6.07) is 38.4. The predicted octanol–water partition coefficient (Wildman–Crippen LogP) is 6.74. The van der Waals surface area contributed by atoms with Crippen molar-refractivity contribution in [3.05, 3.63) is 150 Å². The van der Waals surface area contributed by atoms with Crippen molar-refractivity contribution in [2.75, 3.05) is 0 Å². The minimum atomic E-state index is -0.446. The lowest BCUT2D eigenvalue weighted by Gasteiger charge is -2.13. The summed E-state index contributed by atoms with van der Waals surface area (Å²) in [5, 5.41) is 4.38. The van der Waals surface area contributed by atoms with Gasteiger partial charge in [-0.2, -0.15) is 0 Å². The van der Waals surface area contributed by atoms with E-state index in [4.69, 9.17) is 4.84 Å². The van der Waals surface area contributed by atoms with Crippen molar-refractivity contribution >= 4 is 17.6 Å². The van der Waals surface area contributed by atoms with Gasteiger partial charge >= 0.3 is 0 Å². The molecule has 3 nitrogen and oxygen atoms in total. The van der Waals surface area contributed by atoms with E-state index in [9.17, 15) is 4.79 Å². The molecule has 0 radical (unpaired) electrons. The quantitative estimate of drug-likeness (QED) is 0.181. The molecule has 156 valence electrons. The van der Waals surface area contributed by atoms with Crippen molar-refractivity contribution in [2.24, 2.45) is 5.16 Å². The molecule has 0 bridgehead atoms. The van der Waals surface area contributed by atoms with E-state index in [1.165, 1.54) is 0 Å². The van der Waals surface area contributed by atoms with Crippen LogP contribution in [0.25, 0.3) is 6.08 Å². The fraction of sp³-hybridized carbons (Fsp3) is 0.0345. The van der Waals surface area contributed by atoms with E-state index in [1.54, 1.807) is 12.1 Å². The fourth-order valence-electron chi connectivity index (χ4n) is 3.27. The molecule has 0 saturated heterocycles. The number of carbonyl (C=O) groups is 1. The smallest absolute Gasteiger partial charge is 0.215 e. The lowest BCUT2D eigenvalue weighted by Crippen LogP contribution is -2.17. The minimum absolute atomic E-state index is 0.185. The molecule has 4 rings (SSSR count). The van der Waals surface area contributed by atoms with Crippen molar-refractivity contribution in [3.8, 4) is 0 Å². The Morgan fingerprint density at radius 1 is 0.656 bits per heavy atom. The van der Waals surface area contributed by atoms with Gasteiger partial charge in [0, 0.05) is 11.1 Å². The summed E-state index contributed by atoms with van der Waals surface area (Å²) in [5.41, 5.74) is 3.55. The molecule has 0 aliphatic carbocycles. The van der Waals surface area contributed by atoms with Gasteiger partial charge in [0.25, 0.3) is 0 Å². The average molecular weight is 418 g/mol. The zero-order chi connectivity index (χ0) is 22.0. The number of ketones is 1. The average Bonchev–Trinajstić information content (AvgIpc) is 2.88. The van der Waals surface area contributed by atoms with E-state index in [-0.39, 0.29) is 11.5 Å². The third kappa shape index (κ3) is 5.46. The monoisotopic (exact) mass is 417 g/mol. The molecule has 0 amide bonds. The van der Waals surface area contributed by atoms with Crippen LogP contribution in [0.15, 0.2) is 133 Å². The number of oxime groups is 1. The Morgan fingerprint density at radius 2 is 1.16 bits per heavy atom. The standard InChI is InChI=1S/C29H23NO2/c31-29(26-19-11-4-12-20-26)28(25-17-9-3-10-18-25)30-32-27(24-15-7-2-8-16-24)22-21-23-13-5-1-6-14-23/h1-22,27H/b22-21+,30-28+/t27-/m0/s1. The van der Waals surface area contributed by atoms with Gasteiger partial charge in [0.05, 0.1) is 0 Å². The summed E-state index contributed by atoms with van der Waals surface area (Å²) in [6.07, 6.45) is 3.50. The molecular weight excluding hydrogens is 394 g/mol. The van der Waals surface area contributed by atoms with Crippen LogP contribution >= 0.6 is 0 Å². The van der Waals surface area contributed by atoms with Crippen LogP contribution in [0.2, 0.25) is 0 Å². The summed E-state index contributed by atoms with van der Waals surface area (Å²) in [7, 11) is 0. The molecule has 32 heavy (non-hydrogen) atoms. The Hall–Kier alpha value is -4.24. The number of hydrogen-bond acceptors (Lipinski definition) is 3. The summed E-state index contributed by atoms with van der Waals surface area (Å²) < 4.78 is 0. The van der Waals surface area contributed by atoms with Crippen LogP contribution in [0, 0.1) is 0 Å². The highest BCUT2D eigenvalue weighted by Crippen LogP contribution is 2.22. The van der Waals surface area contributed by atoms with Crippen LogP contribution in [0.5, 0.6) is 0 Å². The Kier molecular flexibility index (Phi) is 7.02. The highest BCUT2D eigenvalue weighted by Gasteiger charge is 2.18. The maximum Gasteiger partial charge on any atom is 0.215 e. The Bertz CT molecular complexity index is 1190. The molecular formula is C29H23NO2. The maximum absolute atomic E-state index is 13.2. The maximum atomic E-state index is 13.2. The van der Waals surface area contributed by atoms with E-state index in [2.05, 4.69) is 5.16 Å². The highest BCUT2D eigenvalue weighted by molar-refractivity contribution is 6.51. The number of Topliss-reactive ketones (excluding diaryl/α,β-unsaturated/α-hetero) is 1. The van der Waals surface area contributed by atoms with Crippen LogP contribution in [0.4, 0.5) is 0 Å². The first-order chi connectivity index (χ1) is 15.8. The first-order valence-electron chi connectivity index (χ1n) is 10.5. The van der Waals surface area contributed by atoms with Crippen molar-refractivity contribution < 1.29 is 9.63 Å². The molecule has 0 heterocycles. The lowest BCUT2D eigenvalue weighted by molar-refractivity contribution is 0.0897. The van der Waals surface area contributed by atoms with Gasteiger partial charge < -0.3 is 4.84 Å². The van der Waals surface area contributed by atoms with Crippen LogP contribution in [-0.2, 0) is 4.84 Å². The number of benzene rings is 4. The summed E-state index contributed by atoms with van der Waals surface area (Å²) >= 11 is 0. The van der Waals surface area contributed by atoms with E-state index in [0.29, 0.717) is 11.1 Å². The number of hydrogen-bond donors (Lipinski definition) is 0. The highest BCUT2D eigenvalue weighted by atomic mass is 16.6. The number of nitrogens with zero attached hydrogens (tertiary/aromatic N) is 1. The number of rotatable bonds is 8. The SMILES string of the molecule is O=C(/C(=N/O[C@@H](/C=C/c1ccccc1)c1ccccc1)c1ccccc1)c1ccccc1. The van der Waals surface area contributed by atoms with Crippen LogP contribution in [-0.4, -0.2) is 11.5 Å². The van der Waals surface area contributed by atoms with Crippen molar-refractivity contribution in [1.29, 1.82) is 0 Å². The normalized spacial score (nSPS) is 12.4. The first-order valence-corrected chi connectivity index (χ1v) is 10.5. The molecule has 4 aromatic rings. The summed E-state index contributed by atoms with van der Waals surface area (Å²) in [4.78, 5) is 19.2. The van der Waals surface area contributed by atoms with Gasteiger partial charge in [-0.05, 0) is 17.2 Å².